The van der Waals surface area contributed by atoms with Crippen LogP contribution in [0, 0.1) is 11.6 Å². The van der Waals surface area contributed by atoms with E-state index in [9.17, 15) is 13.6 Å². The van der Waals surface area contributed by atoms with Crippen molar-refractivity contribution in [1.29, 1.82) is 0 Å². The summed E-state index contributed by atoms with van der Waals surface area (Å²) in [7, 11) is 0. The molecule has 0 spiro atoms. The number of benzene rings is 1. The van der Waals surface area contributed by atoms with E-state index in [4.69, 9.17) is 5.73 Å². The zero-order valence-electron chi connectivity index (χ0n) is 12.8. The Morgan fingerprint density at radius 1 is 1.43 bits per heavy atom. The van der Waals surface area contributed by atoms with Crippen LogP contribution >= 0.6 is 11.3 Å². The number of hydrogen-bond acceptors (Lipinski definition) is 4. The van der Waals surface area contributed by atoms with Gasteiger partial charge in [0.1, 0.15) is 17.3 Å². The van der Waals surface area contributed by atoms with Gasteiger partial charge in [0.05, 0.1) is 11.0 Å². The van der Waals surface area contributed by atoms with E-state index < -0.39 is 17.7 Å². The van der Waals surface area contributed by atoms with Crippen molar-refractivity contribution >= 4 is 17.2 Å². The van der Waals surface area contributed by atoms with Gasteiger partial charge >= 0.3 is 0 Å². The standard InChI is InChI=1S/C16H19F2N3OS/c1-2-3-13(11-5-4-10(17)8-12(11)18)21-16(22)14-9-23-15(20-14)6-7-19/h4-5,8-9,13H,2-3,6-7,19H2,1H3,(H,21,22). The van der Waals surface area contributed by atoms with Crippen LogP contribution in [-0.4, -0.2) is 17.4 Å². The maximum absolute atomic E-state index is 14.0. The second-order valence-corrected chi connectivity index (χ2v) is 6.09. The number of carbonyl (C=O) groups is 1. The number of aromatic nitrogens is 1. The van der Waals surface area contributed by atoms with Crippen LogP contribution in [0.25, 0.3) is 0 Å². The highest BCUT2D eigenvalue weighted by Crippen LogP contribution is 2.23. The molecule has 124 valence electrons. The van der Waals surface area contributed by atoms with Gasteiger partial charge in [0.2, 0.25) is 0 Å². The quantitative estimate of drug-likeness (QED) is 0.814. The Morgan fingerprint density at radius 2 is 2.22 bits per heavy atom. The first-order valence-corrected chi connectivity index (χ1v) is 8.33. The Kier molecular flexibility index (Phi) is 6.18. The molecule has 0 aliphatic heterocycles. The normalized spacial score (nSPS) is 12.2. The molecule has 1 heterocycles. The predicted molar refractivity (Wildman–Crippen MR) is 86.3 cm³/mol. The molecular weight excluding hydrogens is 320 g/mol. The fourth-order valence-electron chi connectivity index (χ4n) is 2.26. The highest BCUT2D eigenvalue weighted by atomic mass is 32.1. The molecule has 1 amide bonds. The lowest BCUT2D eigenvalue weighted by atomic mass is 10.0. The molecule has 1 atom stereocenters. The van der Waals surface area contributed by atoms with Crippen molar-refractivity contribution < 1.29 is 13.6 Å². The molecule has 1 aromatic heterocycles. The molecule has 1 unspecified atom stereocenters. The van der Waals surface area contributed by atoms with Crippen LogP contribution in [-0.2, 0) is 6.42 Å². The first kappa shape index (κ1) is 17.5. The summed E-state index contributed by atoms with van der Waals surface area (Å²) in [5, 5.41) is 5.22. The monoisotopic (exact) mass is 339 g/mol. The third-order valence-electron chi connectivity index (χ3n) is 3.36. The lowest BCUT2D eigenvalue weighted by Gasteiger charge is -2.18. The van der Waals surface area contributed by atoms with Crippen LogP contribution in [0.1, 0.15) is 46.9 Å². The van der Waals surface area contributed by atoms with Gasteiger partial charge in [-0.15, -0.1) is 11.3 Å². The summed E-state index contributed by atoms with van der Waals surface area (Å²) in [5.41, 5.74) is 6.04. The lowest BCUT2D eigenvalue weighted by Crippen LogP contribution is -2.29. The van der Waals surface area contributed by atoms with Crippen LogP contribution in [0.2, 0.25) is 0 Å². The van der Waals surface area contributed by atoms with Crippen LogP contribution in [0.5, 0.6) is 0 Å². The van der Waals surface area contributed by atoms with E-state index in [1.807, 2.05) is 6.92 Å². The van der Waals surface area contributed by atoms with E-state index in [2.05, 4.69) is 10.3 Å². The minimum atomic E-state index is -0.661. The number of nitrogens with one attached hydrogen (secondary N) is 1. The Hall–Kier alpha value is -1.86. The van der Waals surface area contributed by atoms with Crippen molar-refractivity contribution in [3.8, 4) is 0 Å². The molecule has 7 heteroatoms. The third-order valence-corrected chi connectivity index (χ3v) is 4.27. The van der Waals surface area contributed by atoms with Crippen LogP contribution in [0.15, 0.2) is 23.6 Å². The Morgan fingerprint density at radius 3 is 2.87 bits per heavy atom. The number of nitrogens with two attached hydrogens (primary N) is 1. The molecule has 0 fully saturated rings. The van der Waals surface area contributed by atoms with Gasteiger partial charge in [0.15, 0.2) is 0 Å². The third kappa shape index (κ3) is 4.56. The largest absolute Gasteiger partial charge is 0.344 e. The minimum absolute atomic E-state index is 0.277. The molecule has 0 aliphatic rings. The maximum atomic E-state index is 14.0. The van der Waals surface area contributed by atoms with Gasteiger partial charge in [-0.3, -0.25) is 4.79 Å². The minimum Gasteiger partial charge on any atom is -0.344 e. The number of rotatable bonds is 7. The summed E-state index contributed by atoms with van der Waals surface area (Å²) in [4.78, 5) is 16.5. The average molecular weight is 339 g/mol. The number of amides is 1. The van der Waals surface area contributed by atoms with Crippen molar-refractivity contribution in [3.05, 3.63) is 51.5 Å². The lowest BCUT2D eigenvalue weighted by molar-refractivity contribution is 0.0929. The molecule has 0 radical (unpaired) electrons. The Balaban J connectivity index is 2.16. The second kappa shape index (κ2) is 8.12. The highest BCUT2D eigenvalue weighted by Gasteiger charge is 2.20. The molecule has 0 saturated carbocycles. The Bertz CT molecular complexity index is 675. The van der Waals surface area contributed by atoms with Gasteiger partial charge in [0, 0.05) is 23.4 Å². The molecule has 0 saturated heterocycles. The average Bonchev–Trinajstić information content (AvgIpc) is 2.96. The fraction of sp³-hybridized carbons (Fsp3) is 0.375. The summed E-state index contributed by atoms with van der Waals surface area (Å²) in [5.74, 6) is -1.67. The Labute approximate surface area is 137 Å². The molecule has 1 aromatic carbocycles. The van der Waals surface area contributed by atoms with Crippen molar-refractivity contribution in [2.24, 2.45) is 5.73 Å². The van der Waals surface area contributed by atoms with E-state index in [1.165, 1.54) is 23.5 Å². The van der Waals surface area contributed by atoms with Gasteiger partial charge in [-0.05, 0) is 19.0 Å². The number of carbonyl (C=O) groups excluding carboxylic acids is 1. The number of hydrogen-bond donors (Lipinski definition) is 2. The molecule has 2 aromatic rings. The fourth-order valence-corrected chi connectivity index (χ4v) is 3.06. The number of nitrogens with zero attached hydrogens (tertiary/aromatic N) is 1. The molecule has 3 N–H and O–H groups in total. The van der Waals surface area contributed by atoms with E-state index >= 15 is 0 Å². The summed E-state index contributed by atoms with van der Waals surface area (Å²) >= 11 is 1.37. The maximum Gasteiger partial charge on any atom is 0.271 e. The zero-order valence-corrected chi connectivity index (χ0v) is 13.6. The molecule has 2 rings (SSSR count). The van der Waals surface area contributed by atoms with Crippen molar-refractivity contribution in [1.82, 2.24) is 10.3 Å². The molecular formula is C16H19F2N3OS. The first-order chi connectivity index (χ1) is 11.0. The molecule has 0 bridgehead atoms. The van der Waals surface area contributed by atoms with Crippen molar-refractivity contribution in [2.45, 2.75) is 32.2 Å². The van der Waals surface area contributed by atoms with Crippen molar-refractivity contribution in [3.63, 3.8) is 0 Å². The van der Waals surface area contributed by atoms with Crippen LogP contribution < -0.4 is 11.1 Å². The van der Waals surface area contributed by atoms with E-state index in [0.717, 1.165) is 17.5 Å². The molecule has 4 nitrogen and oxygen atoms in total. The highest BCUT2D eigenvalue weighted by molar-refractivity contribution is 7.09. The topological polar surface area (TPSA) is 68.0 Å². The van der Waals surface area contributed by atoms with Gasteiger partial charge < -0.3 is 11.1 Å². The van der Waals surface area contributed by atoms with Crippen LogP contribution in [0.4, 0.5) is 8.78 Å². The number of thiazole rings is 1. The van der Waals surface area contributed by atoms with Gasteiger partial charge in [-0.1, -0.05) is 19.4 Å². The van der Waals surface area contributed by atoms with Gasteiger partial charge in [-0.2, -0.15) is 0 Å². The SMILES string of the molecule is CCCC(NC(=O)c1csc(CCN)n1)c1ccc(F)cc1F. The van der Waals surface area contributed by atoms with Crippen molar-refractivity contribution in [2.75, 3.05) is 6.54 Å². The zero-order chi connectivity index (χ0) is 16.8. The van der Waals surface area contributed by atoms with E-state index in [1.54, 1.807) is 5.38 Å². The number of halogens is 2. The predicted octanol–water partition coefficient (Wildman–Crippen LogP) is 3.19. The van der Waals surface area contributed by atoms with Gasteiger partial charge in [0.25, 0.3) is 5.91 Å². The van der Waals surface area contributed by atoms with E-state index in [-0.39, 0.29) is 11.5 Å². The van der Waals surface area contributed by atoms with E-state index in [0.29, 0.717) is 25.1 Å². The van der Waals surface area contributed by atoms with Gasteiger partial charge in [-0.25, -0.2) is 13.8 Å². The summed E-state index contributed by atoms with van der Waals surface area (Å²) in [6.07, 6.45) is 1.91. The molecule has 23 heavy (non-hydrogen) atoms. The summed E-state index contributed by atoms with van der Waals surface area (Å²) in [6, 6.07) is 2.86. The first-order valence-electron chi connectivity index (χ1n) is 7.45. The summed E-state index contributed by atoms with van der Waals surface area (Å²) in [6.45, 7) is 2.40. The summed E-state index contributed by atoms with van der Waals surface area (Å²) < 4.78 is 27.0. The van der Waals surface area contributed by atoms with Crippen LogP contribution in [0.3, 0.4) is 0 Å². The smallest absolute Gasteiger partial charge is 0.271 e. The second-order valence-electron chi connectivity index (χ2n) is 5.15. The molecule has 0 aliphatic carbocycles.